The van der Waals surface area contributed by atoms with Gasteiger partial charge in [-0.15, -0.1) is 0 Å². The van der Waals surface area contributed by atoms with Gasteiger partial charge in [0.05, 0.1) is 0 Å². The van der Waals surface area contributed by atoms with Crippen LogP contribution in [0.25, 0.3) is 0 Å². The number of rotatable bonds is 2. The van der Waals surface area contributed by atoms with Gasteiger partial charge in [-0.05, 0) is 18.8 Å². The van der Waals surface area contributed by atoms with E-state index < -0.39 is 0 Å². The van der Waals surface area contributed by atoms with Crippen LogP contribution in [-0.4, -0.2) is 24.7 Å². The van der Waals surface area contributed by atoms with Crippen LogP contribution in [0.15, 0.2) is 0 Å². The molecule has 64 valence electrons. The van der Waals surface area contributed by atoms with Crippen molar-refractivity contribution in [2.45, 2.75) is 44.8 Å². The minimum absolute atomic E-state index is 0.758. The molecule has 2 saturated heterocycles. The van der Waals surface area contributed by atoms with E-state index in [1.165, 1.54) is 19.4 Å². The van der Waals surface area contributed by atoms with Crippen LogP contribution in [0.2, 0.25) is 0 Å². The van der Waals surface area contributed by atoms with Crippen LogP contribution < -0.4 is 10.6 Å². The fraction of sp³-hybridized carbons (Fsp3) is 1.00. The highest BCUT2D eigenvalue weighted by Crippen LogP contribution is 2.23. The van der Waals surface area contributed by atoms with Gasteiger partial charge in [0.25, 0.3) is 0 Å². The highest BCUT2D eigenvalue weighted by molar-refractivity contribution is 5.02. The van der Waals surface area contributed by atoms with Gasteiger partial charge in [-0.25, -0.2) is 0 Å². The van der Waals surface area contributed by atoms with Gasteiger partial charge >= 0.3 is 0 Å². The zero-order chi connectivity index (χ0) is 7.84. The molecule has 0 amide bonds. The first-order valence-corrected chi connectivity index (χ1v) is 4.75. The Balaban J connectivity index is 1.87. The zero-order valence-electron chi connectivity index (χ0n) is 7.43. The van der Waals surface area contributed by atoms with Crippen molar-refractivity contribution < 1.29 is 0 Å². The Hall–Kier alpha value is -0.0800. The van der Waals surface area contributed by atoms with Crippen molar-refractivity contribution in [1.82, 2.24) is 10.6 Å². The Labute approximate surface area is 68.7 Å². The lowest BCUT2D eigenvalue weighted by Gasteiger charge is -2.25. The van der Waals surface area contributed by atoms with E-state index in [0.29, 0.717) is 0 Å². The molecule has 2 heterocycles. The summed E-state index contributed by atoms with van der Waals surface area (Å²) in [5, 5.41) is 7.21. The quantitative estimate of drug-likeness (QED) is 0.613. The smallest absolute Gasteiger partial charge is 0.0237 e. The fourth-order valence-corrected chi connectivity index (χ4v) is 2.36. The largest absolute Gasteiger partial charge is 0.311 e. The number of hydrogen-bond donors (Lipinski definition) is 2. The van der Waals surface area contributed by atoms with Crippen LogP contribution in [-0.2, 0) is 0 Å². The molecule has 2 aliphatic rings. The molecule has 0 aromatic heterocycles. The summed E-state index contributed by atoms with van der Waals surface area (Å²) in [6.07, 6.45) is 2.69. The van der Waals surface area contributed by atoms with E-state index in [1.54, 1.807) is 0 Å². The van der Waals surface area contributed by atoms with E-state index in [2.05, 4.69) is 24.5 Å². The third kappa shape index (κ3) is 1.42. The molecule has 3 unspecified atom stereocenters. The topological polar surface area (TPSA) is 24.1 Å². The maximum Gasteiger partial charge on any atom is 0.0237 e. The summed E-state index contributed by atoms with van der Waals surface area (Å²) >= 11 is 0. The second kappa shape index (κ2) is 2.76. The second-order valence-electron chi connectivity index (χ2n) is 4.35. The molecule has 0 spiro atoms. The van der Waals surface area contributed by atoms with Crippen molar-refractivity contribution in [3.05, 3.63) is 0 Å². The molecule has 2 aliphatic heterocycles. The minimum atomic E-state index is 0.758. The van der Waals surface area contributed by atoms with Crippen LogP contribution in [0.3, 0.4) is 0 Å². The molecule has 2 N–H and O–H groups in total. The molecule has 0 aliphatic carbocycles. The molecular formula is C9H18N2. The van der Waals surface area contributed by atoms with Crippen LogP contribution in [0, 0.1) is 5.92 Å². The van der Waals surface area contributed by atoms with E-state index >= 15 is 0 Å². The lowest BCUT2D eigenvalue weighted by Crippen LogP contribution is -2.48. The average Bonchev–Trinajstić information content (AvgIpc) is 2.45. The standard InChI is InChI=1S/C9H18N2/c1-6(2)3-9-8-4-7(11-9)5-10-8/h6-11H,3-5H2,1-2H3. The number of nitrogens with one attached hydrogen (secondary N) is 2. The van der Waals surface area contributed by atoms with Gasteiger partial charge in [-0.3, -0.25) is 0 Å². The average molecular weight is 154 g/mol. The Morgan fingerprint density at radius 1 is 1.45 bits per heavy atom. The van der Waals surface area contributed by atoms with E-state index in [0.717, 1.165) is 24.0 Å². The molecule has 0 saturated carbocycles. The third-order valence-corrected chi connectivity index (χ3v) is 2.83. The molecule has 11 heavy (non-hydrogen) atoms. The first-order valence-electron chi connectivity index (χ1n) is 4.75. The summed E-state index contributed by atoms with van der Waals surface area (Å²) in [5.41, 5.74) is 0. The number of piperazine rings is 1. The predicted octanol–water partition coefficient (Wildman–Crippen LogP) is 0.735. The maximum atomic E-state index is 3.66. The van der Waals surface area contributed by atoms with Gasteiger partial charge in [0.15, 0.2) is 0 Å². The number of fused-ring (bicyclic) bond motifs is 2. The van der Waals surface area contributed by atoms with Gasteiger partial charge < -0.3 is 10.6 Å². The molecule has 2 bridgehead atoms. The van der Waals surface area contributed by atoms with E-state index in [1.807, 2.05) is 0 Å². The Morgan fingerprint density at radius 3 is 2.73 bits per heavy atom. The van der Waals surface area contributed by atoms with Crippen LogP contribution in [0.1, 0.15) is 26.7 Å². The molecule has 2 rings (SSSR count). The minimum Gasteiger partial charge on any atom is -0.311 e. The lowest BCUT2D eigenvalue weighted by molar-refractivity contribution is 0.355. The van der Waals surface area contributed by atoms with Crippen LogP contribution in [0.5, 0.6) is 0 Å². The van der Waals surface area contributed by atoms with Crippen molar-refractivity contribution in [1.29, 1.82) is 0 Å². The van der Waals surface area contributed by atoms with E-state index in [-0.39, 0.29) is 0 Å². The summed E-state index contributed by atoms with van der Waals surface area (Å²) in [5.74, 6) is 0.827. The van der Waals surface area contributed by atoms with Crippen molar-refractivity contribution in [2.75, 3.05) is 6.54 Å². The van der Waals surface area contributed by atoms with Crippen molar-refractivity contribution >= 4 is 0 Å². The molecule has 0 aromatic carbocycles. The molecule has 0 aromatic rings. The van der Waals surface area contributed by atoms with Gasteiger partial charge in [0.2, 0.25) is 0 Å². The monoisotopic (exact) mass is 154 g/mol. The molecule has 2 heteroatoms. The van der Waals surface area contributed by atoms with Gasteiger partial charge in [-0.2, -0.15) is 0 Å². The normalized spacial score (nSPS) is 42.3. The van der Waals surface area contributed by atoms with Gasteiger partial charge in [-0.1, -0.05) is 13.8 Å². The van der Waals surface area contributed by atoms with Gasteiger partial charge in [0.1, 0.15) is 0 Å². The third-order valence-electron chi connectivity index (χ3n) is 2.83. The first kappa shape index (κ1) is 7.56. The van der Waals surface area contributed by atoms with Crippen molar-refractivity contribution in [3.8, 4) is 0 Å². The summed E-state index contributed by atoms with van der Waals surface area (Å²) in [6, 6.07) is 2.32. The summed E-state index contributed by atoms with van der Waals surface area (Å²) in [7, 11) is 0. The summed E-state index contributed by atoms with van der Waals surface area (Å²) < 4.78 is 0. The second-order valence-corrected chi connectivity index (χ2v) is 4.35. The van der Waals surface area contributed by atoms with Crippen molar-refractivity contribution in [2.24, 2.45) is 5.92 Å². The molecule has 3 atom stereocenters. The van der Waals surface area contributed by atoms with E-state index in [4.69, 9.17) is 0 Å². The molecular weight excluding hydrogens is 136 g/mol. The highest BCUT2D eigenvalue weighted by Gasteiger charge is 2.38. The van der Waals surface area contributed by atoms with Crippen LogP contribution >= 0.6 is 0 Å². The van der Waals surface area contributed by atoms with Crippen molar-refractivity contribution in [3.63, 3.8) is 0 Å². The molecule has 0 radical (unpaired) electrons. The summed E-state index contributed by atoms with van der Waals surface area (Å²) in [6.45, 7) is 5.79. The molecule has 2 nitrogen and oxygen atoms in total. The fourth-order valence-electron chi connectivity index (χ4n) is 2.36. The van der Waals surface area contributed by atoms with Gasteiger partial charge in [0, 0.05) is 24.7 Å². The van der Waals surface area contributed by atoms with Crippen LogP contribution in [0.4, 0.5) is 0 Å². The Morgan fingerprint density at radius 2 is 2.27 bits per heavy atom. The Bertz CT molecular complexity index is 144. The number of hydrogen-bond acceptors (Lipinski definition) is 2. The predicted molar refractivity (Wildman–Crippen MR) is 46.6 cm³/mol. The molecule has 2 fully saturated rings. The summed E-state index contributed by atoms with van der Waals surface area (Å²) in [4.78, 5) is 0. The zero-order valence-corrected chi connectivity index (χ0v) is 7.43. The lowest BCUT2D eigenvalue weighted by atomic mass is 9.99. The van der Waals surface area contributed by atoms with E-state index in [9.17, 15) is 0 Å². The Kier molecular flexibility index (Phi) is 1.90. The maximum absolute atomic E-state index is 3.66. The SMILES string of the molecule is CC(C)CC1NC2CNC1C2. The first-order chi connectivity index (χ1) is 5.25. The highest BCUT2D eigenvalue weighted by atomic mass is 15.2.